The third-order valence-electron chi connectivity index (χ3n) is 2.40. The van der Waals surface area contributed by atoms with E-state index in [9.17, 15) is 9.36 Å². The van der Waals surface area contributed by atoms with Crippen LogP contribution < -0.4 is 5.32 Å². The van der Waals surface area contributed by atoms with Gasteiger partial charge >= 0.3 is 7.75 Å². The second kappa shape index (κ2) is 6.60. The Morgan fingerprint density at radius 2 is 1.95 bits per heavy atom. The zero-order valence-electron chi connectivity index (χ0n) is 10.3. The van der Waals surface area contributed by atoms with E-state index >= 15 is 0 Å². The summed E-state index contributed by atoms with van der Waals surface area (Å²) in [5, 5.41) is 6.69. The number of benzene rings is 1. The first-order valence-corrected chi connectivity index (χ1v) is 9.28. The minimum absolute atomic E-state index is 0.0619. The molecule has 0 spiro atoms. The van der Waals surface area contributed by atoms with Crippen LogP contribution in [0, 0.1) is 0 Å². The summed E-state index contributed by atoms with van der Waals surface area (Å²) in [6.07, 6.45) is 0. The van der Waals surface area contributed by atoms with Gasteiger partial charge in [0.2, 0.25) is 0 Å². The molecule has 0 bridgehead atoms. The van der Waals surface area contributed by atoms with Crippen LogP contribution in [0.2, 0.25) is 10.0 Å². The number of rotatable bonds is 3. The third kappa shape index (κ3) is 3.73. The predicted molar refractivity (Wildman–Crippen MR) is 89.5 cm³/mol. The molecule has 22 heavy (non-hydrogen) atoms. The highest BCUT2D eigenvalue weighted by Crippen LogP contribution is 2.43. The fraction of sp³-hybridized carbons (Fsp3) is 0. The van der Waals surface area contributed by atoms with Gasteiger partial charge in [0.15, 0.2) is 5.69 Å². The largest absolute Gasteiger partial charge is 0.450 e. The smallest absolute Gasteiger partial charge is 0.319 e. The quantitative estimate of drug-likeness (QED) is 0.562. The van der Waals surface area contributed by atoms with E-state index in [1.54, 1.807) is 0 Å². The second-order valence-electron chi connectivity index (χ2n) is 3.93. The summed E-state index contributed by atoms with van der Waals surface area (Å²) in [6.45, 7) is 0. The monoisotopic (exact) mass is 491 g/mol. The van der Waals surface area contributed by atoms with Crippen LogP contribution in [0.4, 0.5) is 5.69 Å². The van der Waals surface area contributed by atoms with Gasteiger partial charge in [0.05, 0.1) is 15.2 Å². The van der Waals surface area contributed by atoms with Crippen LogP contribution in [0.5, 0.6) is 0 Å². The first-order valence-electron chi connectivity index (χ1n) is 5.38. The van der Waals surface area contributed by atoms with Crippen molar-refractivity contribution in [2.75, 3.05) is 5.32 Å². The molecule has 0 atom stereocenters. The molecule has 0 radical (unpaired) electrons. The Morgan fingerprint density at radius 3 is 2.45 bits per heavy atom. The number of hydrogen-bond donors (Lipinski definition) is 3. The molecule has 12 heteroatoms. The molecule has 1 heterocycles. The number of hydrogen-bond acceptors (Lipinski definition) is 3. The van der Waals surface area contributed by atoms with Gasteiger partial charge in [0.25, 0.3) is 5.91 Å². The molecule has 1 aromatic carbocycles. The lowest BCUT2D eigenvalue weighted by Crippen LogP contribution is -2.14. The van der Waals surface area contributed by atoms with E-state index in [4.69, 9.17) is 33.0 Å². The average Bonchev–Trinajstić information content (AvgIpc) is 2.69. The lowest BCUT2D eigenvalue weighted by molar-refractivity contribution is 0.102. The number of carbonyl (C=O) groups is 1. The van der Waals surface area contributed by atoms with E-state index < -0.39 is 13.7 Å². The Balaban J connectivity index is 2.36. The summed E-state index contributed by atoms with van der Waals surface area (Å²) >= 11 is 17.7. The van der Waals surface area contributed by atoms with Crippen LogP contribution >= 0.6 is 62.8 Å². The van der Waals surface area contributed by atoms with Crippen molar-refractivity contribution >= 4 is 74.4 Å². The minimum Gasteiger partial charge on any atom is -0.319 e. The zero-order valence-corrected chi connectivity index (χ0v) is 15.9. The molecule has 0 saturated heterocycles. The Bertz CT molecular complexity index is 808. The zero-order chi connectivity index (χ0) is 16.7. The molecular formula is C10H6Br2Cl2N3O4P. The van der Waals surface area contributed by atoms with Crippen LogP contribution in [0.3, 0.4) is 0 Å². The molecule has 3 N–H and O–H groups in total. The molecule has 0 aliphatic heterocycles. The number of aromatic nitrogens is 2. The fourth-order valence-electron chi connectivity index (χ4n) is 1.46. The molecule has 0 unspecified atom stereocenters. The molecular weight excluding hydrogens is 488 g/mol. The molecule has 2 aromatic rings. The van der Waals surface area contributed by atoms with Crippen LogP contribution in [-0.4, -0.2) is 25.2 Å². The van der Waals surface area contributed by atoms with Gasteiger partial charge in [-0.1, -0.05) is 23.2 Å². The van der Waals surface area contributed by atoms with Crippen molar-refractivity contribution in [3.63, 3.8) is 0 Å². The Labute approximate surface area is 151 Å². The molecule has 0 aliphatic rings. The summed E-state index contributed by atoms with van der Waals surface area (Å²) in [5.41, 5.74) is 0.0611. The number of nitrogens with one attached hydrogen (secondary N) is 1. The molecule has 0 fully saturated rings. The first-order chi connectivity index (χ1) is 10.1. The number of anilines is 1. The lowest BCUT2D eigenvalue weighted by atomic mass is 10.3. The van der Waals surface area contributed by atoms with Gasteiger partial charge in [-0.3, -0.25) is 4.79 Å². The number of carbonyl (C=O) groups excluding carboxylic acids is 1. The highest BCUT2D eigenvalue weighted by Gasteiger charge is 2.28. The van der Waals surface area contributed by atoms with Gasteiger partial charge in [-0.15, -0.1) is 0 Å². The highest BCUT2D eigenvalue weighted by atomic mass is 79.9. The molecule has 0 saturated carbocycles. The van der Waals surface area contributed by atoms with E-state index in [-0.39, 0.29) is 25.5 Å². The maximum Gasteiger partial charge on any atom is 0.450 e. The number of halogens is 4. The Kier molecular flexibility index (Phi) is 5.38. The van der Waals surface area contributed by atoms with Crippen molar-refractivity contribution in [3.05, 3.63) is 43.0 Å². The molecule has 118 valence electrons. The second-order valence-corrected chi connectivity index (χ2v) is 7.73. The van der Waals surface area contributed by atoms with Crippen molar-refractivity contribution in [1.82, 2.24) is 9.55 Å². The van der Waals surface area contributed by atoms with Gasteiger partial charge in [0.1, 0.15) is 4.60 Å². The standard InChI is InChI=1S/C10H6Br2Cl2N3O4P/c11-7-8(16-17(9(7)12)22(19,20)21)10(18)15-6-2-1-4(13)3-5(6)14/h1-3H,(H,15,18)(H2,19,20,21). The number of nitrogens with zero attached hydrogens (tertiary/aromatic N) is 2. The summed E-state index contributed by atoms with van der Waals surface area (Å²) in [6, 6.07) is 4.46. The van der Waals surface area contributed by atoms with Crippen molar-refractivity contribution in [2.24, 2.45) is 0 Å². The number of amides is 1. The van der Waals surface area contributed by atoms with Crippen LogP contribution in [-0.2, 0) is 4.57 Å². The SMILES string of the molecule is O=C(Nc1ccc(Cl)cc1Cl)c1nn(P(=O)(O)O)c(Br)c1Br. The summed E-state index contributed by atoms with van der Waals surface area (Å²) in [7, 11) is -4.69. The van der Waals surface area contributed by atoms with E-state index in [1.165, 1.54) is 18.2 Å². The van der Waals surface area contributed by atoms with E-state index in [2.05, 4.69) is 42.3 Å². The van der Waals surface area contributed by atoms with Gasteiger partial charge in [0, 0.05) is 5.02 Å². The van der Waals surface area contributed by atoms with E-state index in [0.717, 1.165) is 0 Å². The lowest BCUT2D eigenvalue weighted by Gasteiger charge is -2.06. The summed E-state index contributed by atoms with van der Waals surface area (Å²) in [4.78, 5) is 30.5. The first kappa shape index (κ1) is 17.9. The van der Waals surface area contributed by atoms with Gasteiger partial charge in [-0.05, 0) is 50.1 Å². The summed E-state index contributed by atoms with van der Waals surface area (Å²) < 4.78 is 11.7. The van der Waals surface area contributed by atoms with Crippen molar-refractivity contribution in [2.45, 2.75) is 0 Å². The van der Waals surface area contributed by atoms with Crippen molar-refractivity contribution in [3.8, 4) is 0 Å². The molecule has 1 amide bonds. The summed E-state index contributed by atoms with van der Waals surface area (Å²) in [5.74, 6) is -0.705. The van der Waals surface area contributed by atoms with Crippen LogP contribution in [0.25, 0.3) is 0 Å². The third-order valence-corrected chi connectivity index (χ3v) is 6.02. The fourth-order valence-corrected chi connectivity index (χ4v) is 3.90. The van der Waals surface area contributed by atoms with Gasteiger partial charge in [-0.2, -0.15) is 9.55 Å². The van der Waals surface area contributed by atoms with Crippen molar-refractivity contribution in [1.29, 1.82) is 0 Å². The van der Waals surface area contributed by atoms with Gasteiger partial charge in [-0.25, -0.2) is 4.57 Å². The van der Waals surface area contributed by atoms with Gasteiger partial charge < -0.3 is 15.1 Å². The Hall–Kier alpha value is -0.410. The topological polar surface area (TPSA) is 104 Å². The maximum atomic E-state index is 12.2. The molecule has 7 nitrogen and oxygen atoms in total. The molecule has 2 rings (SSSR count). The molecule has 0 aliphatic carbocycles. The van der Waals surface area contributed by atoms with E-state index in [0.29, 0.717) is 9.47 Å². The Morgan fingerprint density at radius 1 is 1.32 bits per heavy atom. The maximum absolute atomic E-state index is 12.2. The van der Waals surface area contributed by atoms with Crippen LogP contribution in [0.1, 0.15) is 10.5 Å². The minimum atomic E-state index is -4.69. The normalized spacial score (nSPS) is 11.5. The average molecular weight is 494 g/mol. The highest BCUT2D eigenvalue weighted by molar-refractivity contribution is 9.13. The van der Waals surface area contributed by atoms with Crippen LogP contribution in [0.15, 0.2) is 27.3 Å². The van der Waals surface area contributed by atoms with E-state index in [1.807, 2.05) is 0 Å². The van der Waals surface area contributed by atoms with Crippen molar-refractivity contribution < 1.29 is 19.1 Å². The predicted octanol–water partition coefficient (Wildman–Crippen LogP) is 3.91. The molecule has 1 aromatic heterocycles.